The van der Waals surface area contributed by atoms with Crippen LogP contribution in [0.2, 0.25) is 0 Å². The molecule has 1 heterocycles. The van der Waals surface area contributed by atoms with Crippen molar-refractivity contribution >= 4 is 11.6 Å². The van der Waals surface area contributed by atoms with Crippen molar-refractivity contribution in [1.29, 1.82) is 0 Å². The van der Waals surface area contributed by atoms with Gasteiger partial charge in [-0.2, -0.15) is 0 Å². The third-order valence-corrected chi connectivity index (χ3v) is 3.80. The molecule has 0 aliphatic heterocycles. The zero-order valence-corrected chi connectivity index (χ0v) is 13.2. The first-order chi connectivity index (χ1) is 11.2. The van der Waals surface area contributed by atoms with Gasteiger partial charge in [-0.15, -0.1) is 0 Å². The smallest absolute Gasteiger partial charge is 0.269 e. The van der Waals surface area contributed by atoms with Gasteiger partial charge in [-0.1, -0.05) is 12.1 Å². The molecule has 1 aromatic carbocycles. The molecule has 1 aliphatic carbocycles. The largest absolute Gasteiger partial charge is 0.497 e. The van der Waals surface area contributed by atoms with E-state index in [0.717, 1.165) is 23.4 Å². The van der Waals surface area contributed by atoms with Gasteiger partial charge in [0.1, 0.15) is 11.4 Å². The van der Waals surface area contributed by atoms with Gasteiger partial charge >= 0.3 is 0 Å². The topological polar surface area (TPSA) is 63.2 Å². The van der Waals surface area contributed by atoms with Gasteiger partial charge in [0.2, 0.25) is 0 Å². The molecule has 0 bridgehead atoms. The first-order valence-corrected chi connectivity index (χ1v) is 7.88. The van der Waals surface area contributed by atoms with Crippen molar-refractivity contribution in [2.24, 2.45) is 0 Å². The number of hydrogen-bond donors (Lipinski definition) is 2. The van der Waals surface area contributed by atoms with Gasteiger partial charge in [0.05, 0.1) is 19.0 Å². The second-order valence-corrected chi connectivity index (χ2v) is 5.70. The number of rotatable bonds is 7. The fourth-order valence-electron chi connectivity index (χ4n) is 2.28. The summed E-state index contributed by atoms with van der Waals surface area (Å²) in [5, 5.41) is 6.25. The third-order valence-electron chi connectivity index (χ3n) is 3.80. The minimum atomic E-state index is -0.142. The number of amides is 1. The highest BCUT2D eigenvalue weighted by molar-refractivity contribution is 5.92. The lowest BCUT2D eigenvalue weighted by molar-refractivity contribution is 0.0949. The number of nitrogens with zero attached hydrogens (tertiary/aromatic N) is 1. The lowest BCUT2D eigenvalue weighted by Crippen LogP contribution is -2.26. The van der Waals surface area contributed by atoms with E-state index in [4.69, 9.17) is 4.74 Å². The molecule has 0 radical (unpaired) electrons. The Bertz CT molecular complexity index is 649. The summed E-state index contributed by atoms with van der Waals surface area (Å²) in [6, 6.07) is 12.1. The first kappa shape index (κ1) is 15.3. The third kappa shape index (κ3) is 4.45. The normalized spacial score (nSPS) is 13.4. The molecule has 1 aliphatic rings. The van der Waals surface area contributed by atoms with Gasteiger partial charge in [-0.25, -0.2) is 4.98 Å². The Balaban J connectivity index is 1.46. The highest BCUT2D eigenvalue weighted by Gasteiger charge is 2.20. The van der Waals surface area contributed by atoms with E-state index in [2.05, 4.69) is 15.6 Å². The monoisotopic (exact) mass is 311 g/mol. The number of anilines is 1. The lowest BCUT2D eigenvalue weighted by atomic mass is 10.1. The quantitative estimate of drug-likeness (QED) is 0.825. The van der Waals surface area contributed by atoms with Crippen LogP contribution in [0.4, 0.5) is 5.69 Å². The molecule has 0 spiro atoms. The number of methoxy groups -OCH3 is 1. The molecule has 0 unspecified atom stereocenters. The van der Waals surface area contributed by atoms with Gasteiger partial charge in [0.15, 0.2) is 0 Å². The zero-order valence-electron chi connectivity index (χ0n) is 13.2. The Morgan fingerprint density at radius 2 is 2.00 bits per heavy atom. The van der Waals surface area contributed by atoms with Crippen LogP contribution in [-0.2, 0) is 6.42 Å². The van der Waals surface area contributed by atoms with Crippen LogP contribution in [0, 0.1) is 0 Å². The molecular weight excluding hydrogens is 290 g/mol. The van der Waals surface area contributed by atoms with Crippen LogP contribution in [-0.4, -0.2) is 30.6 Å². The second-order valence-electron chi connectivity index (χ2n) is 5.70. The number of carbonyl (C=O) groups excluding carboxylic acids is 1. The van der Waals surface area contributed by atoms with Gasteiger partial charge in [0.25, 0.3) is 5.91 Å². The fraction of sp³-hybridized carbons (Fsp3) is 0.333. The highest BCUT2D eigenvalue weighted by Crippen LogP contribution is 2.24. The van der Waals surface area contributed by atoms with Crippen LogP contribution in [0.5, 0.6) is 5.75 Å². The molecule has 0 atom stereocenters. The number of pyridine rings is 1. The van der Waals surface area contributed by atoms with Crippen molar-refractivity contribution in [3.63, 3.8) is 0 Å². The lowest BCUT2D eigenvalue weighted by Gasteiger charge is -2.07. The molecule has 0 saturated heterocycles. The summed E-state index contributed by atoms with van der Waals surface area (Å²) >= 11 is 0. The summed E-state index contributed by atoms with van der Waals surface area (Å²) in [6.07, 6.45) is 4.93. The molecule has 1 fully saturated rings. The summed E-state index contributed by atoms with van der Waals surface area (Å²) in [5.41, 5.74) is 2.58. The number of hydrogen-bond acceptors (Lipinski definition) is 4. The summed E-state index contributed by atoms with van der Waals surface area (Å²) in [5.74, 6) is 0.693. The zero-order chi connectivity index (χ0) is 16.1. The van der Waals surface area contributed by atoms with Gasteiger partial charge < -0.3 is 15.4 Å². The van der Waals surface area contributed by atoms with Gasteiger partial charge in [0, 0.05) is 12.6 Å². The van der Waals surface area contributed by atoms with Crippen molar-refractivity contribution in [3.05, 3.63) is 53.9 Å². The Kier molecular flexibility index (Phi) is 4.76. The van der Waals surface area contributed by atoms with E-state index < -0.39 is 0 Å². The Morgan fingerprint density at radius 3 is 2.61 bits per heavy atom. The number of nitrogens with one attached hydrogen (secondary N) is 2. The molecule has 3 rings (SSSR count). The van der Waals surface area contributed by atoms with Crippen molar-refractivity contribution in [2.75, 3.05) is 19.0 Å². The average molecular weight is 311 g/mol. The Labute approximate surface area is 136 Å². The highest BCUT2D eigenvalue weighted by atomic mass is 16.5. The van der Waals surface area contributed by atoms with Crippen LogP contribution in [0.25, 0.3) is 0 Å². The second kappa shape index (κ2) is 7.13. The van der Waals surface area contributed by atoms with E-state index in [1.807, 2.05) is 30.3 Å². The minimum absolute atomic E-state index is 0.142. The molecule has 2 aromatic rings. The van der Waals surface area contributed by atoms with Crippen molar-refractivity contribution in [3.8, 4) is 5.75 Å². The first-order valence-electron chi connectivity index (χ1n) is 7.88. The van der Waals surface area contributed by atoms with Gasteiger partial charge in [-0.05, 0) is 49.1 Å². The van der Waals surface area contributed by atoms with Gasteiger partial charge in [-0.3, -0.25) is 4.79 Å². The van der Waals surface area contributed by atoms with Crippen LogP contribution < -0.4 is 15.4 Å². The average Bonchev–Trinajstić information content (AvgIpc) is 3.40. The van der Waals surface area contributed by atoms with Crippen LogP contribution >= 0.6 is 0 Å². The molecule has 23 heavy (non-hydrogen) atoms. The molecule has 1 amide bonds. The molecule has 120 valence electrons. The van der Waals surface area contributed by atoms with E-state index in [0.29, 0.717) is 18.3 Å². The van der Waals surface area contributed by atoms with E-state index in [9.17, 15) is 4.79 Å². The molecule has 5 heteroatoms. The minimum Gasteiger partial charge on any atom is -0.497 e. The predicted molar refractivity (Wildman–Crippen MR) is 89.9 cm³/mol. The van der Waals surface area contributed by atoms with Crippen molar-refractivity contribution in [2.45, 2.75) is 25.3 Å². The van der Waals surface area contributed by atoms with Crippen LogP contribution in [0.1, 0.15) is 28.9 Å². The molecule has 1 aromatic heterocycles. The summed E-state index contributed by atoms with van der Waals surface area (Å²) in [6.45, 7) is 0.578. The van der Waals surface area contributed by atoms with E-state index in [1.54, 1.807) is 19.4 Å². The van der Waals surface area contributed by atoms with Crippen molar-refractivity contribution < 1.29 is 9.53 Å². The molecular formula is C18H21N3O2. The predicted octanol–water partition coefficient (Wildman–Crippen LogP) is 2.64. The SMILES string of the molecule is COc1ccc(CCNC(=O)c2ccc(NC3CC3)cn2)cc1. The van der Waals surface area contributed by atoms with Crippen molar-refractivity contribution in [1.82, 2.24) is 10.3 Å². The maximum Gasteiger partial charge on any atom is 0.269 e. The standard InChI is InChI=1S/C18H21N3O2/c1-23-16-7-2-13(3-8-16)10-11-19-18(22)17-9-6-15(12-20-17)21-14-4-5-14/h2-3,6-9,12,14,21H,4-5,10-11H2,1H3,(H,19,22). The van der Waals surface area contributed by atoms with E-state index >= 15 is 0 Å². The van der Waals surface area contributed by atoms with Crippen LogP contribution in [0.3, 0.4) is 0 Å². The fourth-order valence-corrected chi connectivity index (χ4v) is 2.28. The maximum absolute atomic E-state index is 12.1. The Hall–Kier alpha value is -2.56. The maximum atomic E-state index is 12.1. The van der Waals surface area contributed by atoms with E-state index in [1.165, 1.54) is 12.8 Å². The van der Waals surface area contributed by atoms with Crippen LogP contribution in [0.15, 0.2) is 42.6 Å². The number of aromatic nitrogens is 1. The molecule has 2 N–H and O–H groups in total. The van der Waals surface area contributed by atoms with E-state index in [-0.39, 0.29) is 5.91 Å². The number of benzene rings is 1. The summed E-state index contributed by atoms with van der Waals surface area (Å²) < 4.78 is 5.12. The molecule has 5 nitrogen and oxygen atoms in total. The summed E-state index contributed by atoms with van der Waals surface area (Å²) in [7, 11) is 1.65. The number of carbonyl (C=O) groups is 1. The number of ether oxygens (including phenoxy) is 1. The Morgan fingerprint density at radius 1 is 1.22 bits per heavy atom. The molecule has 1 saturated carbocycles. The summed E-state index contributed by atoms with van der Waals surface area (Å²) in [4.78, 5) is 16.3.